The lowest BCUT2D eigenvalue weighted by atomic mass is 9.74. The Morgan fingerprint density at radius 3 is 1.86 bits per heavy atom. The quantitative estimate of drug-likeness (QED) is 0.303. The van der Waals surface area contributed by atoms with Crippen molar-refractivity contribution >= 4 is 5.70 Å². The number of nitrogens with one attached hydrogen (secondary N) is 1. The molecule has 14 heteroatoms. The highest BCUT2D eigenvalue weighted by Crippen LogP contribution is 2.56. The maximum Gasteiger partial charge on any atom is 0.206 e. The second-order valence-corrected chi connectivity index (χ2v) is 13.3. The van der Waals surface area contributed by atoms with Crippen molar-refractivity contribution in [3.05, 3.63) is 103 Å². The van der Waals surface area contributed by atoms with Gasteiger partial charge in [0, 0.05) is 82.3 Å². The van der Waals surface area contributed by atoms with Crippen LogP contribution in [0.1, 0.15) is 87.4 Å². The molecule has 0 amide bonds. The minimum absolute atomic E-state index is 0.527. The monoisotopic (exact) mass is 675 g/mol. The van der Waals surface area contributed by atoms with Crippen LogP contribution in [0, 0.1) is 0 Å². The van der Waals surface area contributed by atoms with Crippen LogP contribution in [0.3, 0.4) is 0 Å². The number of hydrazine groups is 1. The number of hydrogen-bond acceptors (Lipinski definition) is 14. The van der Waals surface area contributed by atoms with Gasteiger partial charge in [0.2, 0.25) is 5.66 Å². The molecule has 1 N–H and O–H groups in total. The second kappa shape index (κ2) is 14.7. The molecule has 8 heterocycles. The van der Waals surface area contributed by atoms with Crippen LogP contribution in [-0.4, -0.2) is 99.2 Å². The van der Waals surface area contributed by atoms with Gasteiger partial charge in [-0.05, 0) is 63.1 Å². The summed E-state index contributed by atoms with van der Waals surface area (Å²) in [6.07, 6.45) is 26.7. The fourth-order valence-corrected chi connectivity index (χ4v) is 8.12. The van der Waals surface area contributed by atoms with E-state index in [0.717, 1.165) is 102 Å². The molecule has 0 bridgehead atoms. The van der Waals surface area contributed by atoms with Gasteiger partial charge in [0.05, 0.1) is 18.5 Å². The highest BCUT2D eigenvalue weighted by molar-refractivity contribution is 5.65. The zero-order valence-electron chi connectivity index (χ0n) is 28.5. The van der Waals surface area contributed by atoms with Gasteiger partial charge in [-0.2, -0.15) is 0 Å². The largest absolute Gasteiger partial charge is 0.347 e. The molecule has 0 aliphatic carbocycles. The van der Waals surface area contributed by atoms with Crippen LogP contribution in [0.2, 0.25) is 0 Å². The zero-order chi connectivity index (χ0) is 33.6. The van der Waals surface area contributed by atoms with E-state index < -0.39 is 11.2 Å². The summed E-state index contributed by atoms with van der Waals surface area (Å²) in [7, 11) is 0. The normalized spacial score (nSPS) is 25.8. The van der Waals surface area contributed by atoms with Crippen molar-refractivity contribution < 1.29 is 4.84 Å². The highest BCUT2D eigenvalue weighted by Gasteiger charge is 2.71. The number of aromatic nitrogens is 8. The Morgan fingerprint density at radius 2 is 1.18 bits per heavy atom. The van der Waals surface area contributed by atoms with Gasteiger partial charge < -0.3 is 5.32 Å². The average Bonchev–Trinajstić information content (AvgIpc) is 3.65. The van der Waals surface area contributed by atoms with Gasteiger partial charge >= 0.3 is 0 Å². The minimum Gasteiger partial charge on any atom is -0.347 e. The number of hydrogen-bond donors (Lipinski definition) is 1. The van der Waals surface area contributed by atoms with Crippen molar-refractivity contribution in [1.82, 2.24) is 65.2 Å². The number of rotatable bonds is 7. The summed E-state index contributed by atoms with van der Waals surface area (Å²) in [5.41, 5.74) is -1.08. The summed E-state index contributed by atoms with van der Waals surface area (Å²) in [6.45, 7) is 4.49. The van der Waals surface area contributed by atoms with Crippen molar-refractivity contribution in [2.45, 2.75) is 75.4 Å². The Labute approximate surface area is 293 Å². The molecule has 0 radical (unpaired) electrons. The van der Waals surface area contributed by atoms with Crippen LogP contribution < -0.4 is 5.32 Å². The van der Waals surface area contributed by atoms with Crippen molar-refractivity contribution in [3.8, 4) is 0 Å². The number of nitrogens with zero attached hydrogens (tertiary/aromatic N) is 12. The first-order valence-corrected chi connectivity index (χ1v) is 18.2. The molecular formula is C36H45N13O. The topological polar surface area (TPSA) is 137 Å². The first-order valence-electron chi connectivity index (χ1n) is 18.2. The molecule has 14 nitrogen and oxygen atoms in total. The van der Waals surface area contributed by atoms with E-state index in [2.05, 4.69) is 25.2 Å². The van der Waals surface area contributed by atoms with Gasteiger partial charge in [-0.3, -0.25) is 24.7 Å². The maximum absolute atomic E-state index is 6.63. The summed E-state index contributed by atoms with van der Waals surface area (Å²) < 4.78 is 0. The Hall–Kier alpha value is -4.66. The molecule has 0 aromatic carbocycles. The van der Waals surface area contributed by atoms with E-state index in [1.54, 1.807) is 24.8 Å². The van der Waals surface area contributed by atoms with E-state index in [1.165, 1.54) is 0 Å². The Bertz CT molecular complexity index is 1650. The molecule has 4 aromatic rings. The standard InChI is InChI=1S/C36H45N13O/c1-2-8-25-47(24-7-1)49-30(31-39-14-11-15-40-31)32(48-26-9-4-10-27-50-48)45-35(29-28-37-20-21-38-29,33-41-16-12-17-42-33)36(49,34-43-18-13-19-44-34)46-22-5-3-6-23-46/h11-21,28,45H,1-10,22-27H2. The molecule has 0 spiro atoms. The first kappa shape index (κ1) is 32.5. The molecule has 50 heavy (non-hydrogen) atoms. The van der Waals surface area contributed by atoms with Crippen molar-refractivity contribution in [2.75, 3.05) is 39.3 Å². The number of likely N-dealkylation sites (tertiary alicyclic amines) is 1. The molecule has 2 atom stereocenters. The van der Waals surface area contributed by atoms with E-state index >= 15 is 0 Å². The third-order valence-electron chi connectivity index (χ3n) is 10.3. The smallest absolute Gasteiger partial charge is 0.206 e. The van der Waals surface area contributed by atoms with Gasteiger partial charge in [0.15, 0.2) is 28.8 Å². The average molecular weight is 676 g/mol. The van der Waals surface area contributed by atoms with Gasteiger partial charge in [-0.15, -0.1) is 0 Å². The van der Waals surface area contributed by atoms with E-state index in [1.807, 2.05) is 54.2 Å². The zero-order valence-corrected chi connectivity index (χ0v) is 28.5. The van der Waals surface area contributed by atoms with Gasteiger partial charge in [0.1, 0.15) is 5.70 Å². The Morgan fingerprint density at radius 1 is 0.580 bits per heavy atom. The highest BCUT2D eigenvalue weighted by atomic mass is 16.7. The van der Waals surface area contributed by atoms with Gasteiger partial charge in [-0.25, -0.2) is 40.0 Å². The van der Waals surface area contributed by atoms with E-state index in [0.29, 0.717) is 36.3 Å². The number of piperidine rings is 1. The molecule has 4 aromatic heterocycles. The van der Waals surface area contributed by atoms with Crippen LogP contribution >= 0.6 is 0 Å². The Kier molecular flexibility index (Phi) is 9.55. The lowest BCUT2D eigenvalue weighted by molar-refractivity contribution is -0.214. The van der Waals surface area contributed by atoms with Crippen LogP contribution in [-0.2, 0) is 16.0 Å². The van der Waals surface area contributed by atoms with E-state index in [4.69, 9.17) is 39.7 Å². The van der Waals surface area contributed by atoms with Crippen molar-refractivity contribution in [2.24, 2.45) is 0 Å². The van der Waals surface area contributed by atoms with Crippen LogP contribution in [0.4, 0.5) is 0 Å². The van der Waals surface area contributed by atoms with Gasteiger partial charge in [-0.1, -0.05) is 19.3 Å². The molecule has 0 saturated carbocycles. The van der Waals surface area contributed by atoms with Crippen molar-refractivity contribution in [3.63, 3.8) is 0 Å². The van der Waals surface area contributed by atoms with Gasteiger partial charge in [0.25, 0.3) is 0 Å². The minimum atomic E-state index is -1.31. The van der Waals surface area contributed by atoms with Crippen LogP contribution in [0.25, 0.3) is 5.70 Å². The fourth-order valence-electron chi connectivity index (χ4n) is 8.12. The molecule has 4 aliphatic heterocycles. The maximum atomic E-state index is 6.63. The predicted molar refractivity (Wildman–Crippen MR) is 184 cm³/mol. The Balaban J connectivity index is 1.57. The molecule has 3 fully saturated rings. The third kappa shape index (κ3) is 5.64. The molecular weight excluding hydrogens is 630 g/mol. The summed E-state index contributed by atoms with van der Waals surface area (Å²) in [6, 6.07) is 5.58. The molecule has 3 saturated heterocycles. The SMILES string of the molecule is c1cnc(C2=C(N3CCCCCO3)NC(c3cnccn3)(c3ncccn3)C(c3ncccn3)(N3CCCCC3)N2N2CCCCCC2)nc1. The van der Waals surface area contributed by atoms with Crippen molar-refractivity contribution in [1.29, 1.82) is 0 Å². The second-order valence-electron chi connectivity index (χ2n) is 13.3. The summed E-state index contributed by atoms with van der Waals surface area (Å²) >= 11 is 0. The lowest BCUT2D eigenvalue weighted by Crippen LogP contribution is -2.79. The van der Waals surface area contributed by atoms with E-state index in [9.17, 15) is 0 Å². The summed E-state index contributed by atoms with van der Waals surface area (Å²) in [5.74, 6) is 2.43. The van der Waals surface area contributed by atoms with Crippen LogP contribution in [0.5, 0.6) is 0 Å². The molecule has 4 aliphatic rings. The molecule has 2 unspecified atom stereocenters. The summed E-state index contributed by atoms with van der Waals surface area (Å²) in [5, 5.41) is 11.0. The lowest BCUT2D eigenvalue weighted by Gasteiger charge is -2.64. The summed E-state index contributed by atoms with van der Waals surface area (Å²) in [4.78, 5) is 49.4. The first-order chi connectivity index (χ1) is 24.8. The predicted octanol–water partition coefficient (Wildman–Crippen LogP) is 3.87. The van der Waals surface area contributed by atoms with E-state index in [-0.39, 0.29) is 0 Å². The fraction of sp³-hybridized carbons (Fsp3) is 0.500. The molecule has 8 rings (SSSR count). The number of hydroxylamine groups is 2. The van der Waals surface area contributed by atoms with Crippen LogP contribution in [0.15, 0.2) is 79.8 Å². The third-order valence-corrected chi connectivity index (χ3v) is 10.3. The molecule has 260 valence electrons.